The Morgan fingerprint density at radius 3 is 2.69 bits per heavy atom. The molecule has 5 heteroatoms. The smallest absolute Gasteiger partial charge is 0.119 e. The van der Waals surface area contributed by atoms with Crippen molar-refractivity contribution in [2.75, 3.05) is 13.1 Å². The van der Waals surface area contributed by atoms with Gasteiger partial charge in [0.25, 0.3) is 0 Å². The molecule has 0 bridgehead atoms. The molecule has 13 heavy (non-hydrogen) atoms. The molecule has 1 aromatic rings. The van der Waals surface area contributed by atoms with Gasteiger partial charge in [0.05, 0.1) is 5.84 Å². The monoisotopic (exact) mass is 179 g/mol. The van der Waals surface area contributed by atoms with E-state index in [0.717, 1.165) is 38.3 Å². The lowest BCUT2D eigenvalue weighted by Crippen LogP contribution is -2.27. The van der Waals surface area contributed by atoms with E-state index in [-0.39, 0.29) is 0 Å². The second kappa shape index (κ2) is 3.55. The minimum Gasteiger partial charge on any atom is -0.359 e. The fourth-order valence-corrected chi connectivity index (χ4v) is 1.55. The first-order chi connectivity index (χ1) is 6.36. The third-order valence-electron chi connectivity index (χ3n) is 2.32. The number of aromatic nitrogens is 3. The Bertz CT molecular complexity index is 279. The molecule has 1 N–H and O–H groups in total. The quantitative estimate of drug-likeness (QED) is 0.728. The highest BCUT2D eigenvalue weighted by Gasteiger charge is 2.15. The van der Waals surface area contributed by atoms with Gasteiger partial charge in [0.15, 0.2) is 0 Å². The van der Waals surface area contributed by atoms with Crippen LogP contribution in [-0.2, 0) is 6.54 Å². The van der Waals surface area contributed by atoms with Gasteiger partial charge in [-0.3, -0.25) is 5.41 Å². The van der Waals surface area contributed by atoms with Crippen molar-refractivity contribution >= 4 is 5.84 Å². The molecule has 1 aromatic heterocycles. The van der Waals surface area contributed by atoms with Crippen LogP contribution in [0.2, 0.25) is 0 Å². The van der Waals surface area contributed by atoms with E-state index in [1.807, 2.05) is 4.57 Å². The van der Waals surface area contributed by atoms with Gasteiger partial charge in [-0.1, -0.05) is 0 Å². The topological polar surface area (TPSA) is 57.8 Å². The highest BCUT2D eigenvalue weighted by molar-refractivity contribution is 5.80. The lowest BCUT2D eigenvalue weighted by molar-refractivity contribution is 0.421. The van der Waals surface area contributed by atoms with Gasteiger partial charge in [0.2, 0.25) is 0 Å². The van der Waals surface area contributed by atoms with E-state index < -0.39 is 0 Å². The molecule has 1 saturated heterocycles. The van der Waals surface area contributed by atoms with Gasteiger partial charge in [-0.15, -0.1) is 10.2 Å². The average molecular weight is 179 g/mol. The van der Waals surface area contributed by atoms with Crippen LogP contribution < -0.4 is 0 Å². The van der Waals surface area contributed by atoms with Crippen molar-refractivity contribution in [3.63, 3.8) is 0 Å². The molecule has 1 aliphatic rings. The first-order valence-corrected chi connectivity index (χ1v) is 4.51. The Balaban J connectivity index is 1.82. The van der Waals surface area contributed by atoms with Crippen LogP contribution in [-0.4, -0.2) is 38.6 Å². The fraction of sp³-hybridized carbons (Fsp3) is 0.625. The first kappa shape index (κ1) is 8.22. The van der Waals surface area contributed by atoms with Crippen molar-refractivity contribution in [2.24, 2.45) is 0 Å². The minimum absolute atomic E-state index is 0.771. The van der Waals surface area contributed by atoms with E-state index in [0.29, 0.717) is 0 Å². The number of rotatable bonds is 3. The number of hydrogen-bond acceptors (Lipinski definition) is 3. The summed E-state index contributed by atoms with van der Waals surface area (Å²) < 4.78 is 1.94. The molecule has 0 aliphatic carbocycles. The third kappa shape index (κ3) is 1.85. The molecule has 2 heterocycles. The summed E-state index contributed by atoms with van der Waals surface area (Å²) in [6, 6.07) is 0. The maximum atomic E-state index is 7.62. The first-order valence-electron chi connectivity index (χ1n) is 4.51. The number of hydrogen-bond donors (Lipinski definition) is 1. The summed E-state index contributed by atoms with van der Waals surface area (Å²) in [5.41, 5.74) is 0. The maximum Gasteiger partial charge on any atom is 0.119 e. The lowest BCUT2D eigenvalue weighted by atomic mass is 10.4. The zero-order chi connectivity index (χ0) is 9.10. The Morgan fingerprint density at radius 1 is 1.31 bits per heavy atom. The van der Waals surface area contributed by atoms with E-state index in [1.165, 1.54) is 0 Å². The molecular weight excluding hydrogens is 166 g/mol. The molecular formula is C8H13N5. The van der Waals surface area contributed by atoms with Crippen molar-refractivity contribution in [1.29, 1.82) is 5.41 Å². The molecule has 0 saturated carbocycles. The predicted molar refractivity (Wildman–Crippen MR) is 48.6 cm³/mol. The highest BCUT2D eigenvalue weighted by atomic mass is 15.3. The third-order valence-corrected chi connectivity index (χ3v) is 2.32. The summed E-state index contributed by atoms with van der Waals surface area (Å²) in [4.78, 5) is 2.11. The molecule has 5 nitrogen and oxygen atoms in total. The largest absolute Gasteiger partial charge is 0.359 e. The molecule has 0 radical (unpaired) electrons. The summed E-state index contributed by atoms with van der Waals surface area (Å²) in [6.07, 6.45) is 5.47. The van der Waals surface area contributed by atoms with Crippen LogP contribution in [0.15, 0.2) is 12.7 Å². The maximum absolute atomic E-state index is 7.62. The van der Waals surface area contributed by atoms with Gasteiger partial charge in [0, 0.05) is 26.1 Å². The van der Waals surface area contributed by atoms with E-state index in [2.05, 4.69) is 15.1 Å². The Kier molecular flexibility index (Phi) is 2.25. The SMILES string of the molecule is N=C1CCCN1CCn1cnnc1. The second-order valence-electron chi connectivity index (χ2n) is 3.24. The molecule has 1 fully saturated rings. The van der Waals surface area contributed by atoms with Crippen LogP contribution in [0.4, 0.5) is 0 Å². The van der Waals surface area contributed by atoms with Gasteiger partial charge in [-0.05, 0) is 6.42 Å². The molecule has 70 valence electrons. The molecule has 0 aromatic carbocycles. The number of nitrogens with one attached hydrogen (secondary N) is 1. The van der Waals surface area contributed by atoms with E-state index in [9.17, 15) is 0 Å². The van der Waals surface area contributed by atoms with E-state index in [1.54, 1.807) is 12.7 Å². The molecule has 0 amide bonds. The summed E-state index contributed by atoms with van der Waals surface area (Å²) in [5, 5.41) is 15.1. The lowest BCUT2D eigenvalue weighted by Gasteiger charge is -2.17. The van der Waals surface area contributed by atoms with Crippen LogP contribution >= 0.6 is 0 Å². The number of nitrogens with zero attached hydrogens (tertiary/aromatic N) is 4. The van der Waals surface area contributed by atoms with Gasteiger partial charge < -0.3 is 9.47 Å². The van der Waals surface area contributed by atoms with Gasteiger partial charge in [-0.2, -0.15) is 0 Å². The van der Waals surface area contributed by atoms with Crippen LogP contribution in [0.25, 0.3) is 0 Å². The molecule has 0 unspecified atom stereocenters. The Labute approximate surface area is 76.9 Å². The van der Waals surface area contributed by atoms with Crippen molar-refractivity contribution in [3.05, 3.63) is 12.7 Å². The van der Waals surface area contributed by atoms with E-state index in [4.69, 9.17) is 5.41 Å². The summed E-state index contributed by atoms with van der Waals surface area (Å²) in [6.45, 7) is 2.80. The van der Waals surface area contributed by atoms with Crippen molar-refractivity contribution in [3.8, 4) is 0 Å². The van der Waals surface area contributed by atoms with Gasteiger partial charge in [0.1, 0.15) is 12.7 Å². The van der Waals surface area contributed by atoms with Crippen LogP contribution in [0.5, 0.6) is 0 Å². The molecule has 0 spiro atoms. The van der Waals surface area contributed by atoms with Crippen molar-refractivity contribution in [1.82, 2.24) is 19.7 Å². The Morgan fingerprint density at radius 2 is 2.08 bits per heavy atom. The molecule has 2 rings (SSSR count). The second-order valence-corrected chi connectivity index (χ2v) is 3.24. The standard InChI is InChI=1S/C8H13N5/c9-8-2-1-3-13(8)5-4-12-6-10-11-7-12/h6-7,9H,1-5H2. The normalized spacial score (nSPS) is 16.9. The number of likely N-dealkylation sites (tertiary alicyclic amines) is 1. The zero-order valence-corrected chi connectivity index (χ0v) is 7.48. The van der Waals surface area contributed by atoms with Crippen molar-refractivity contribution in [2.45, 2.75) is 19.4 Å². The minimum atomic E-state index is 0.771. The summed E-state index contributed by atoms with van der Waals surface area (Å²) >= 11 is 0. The zero-order valence-electron chi connectivity index (χ0n) is 7.48. The Hall–Kier alpha value is -1.39. The molecule has 1 aliphatic heterocycles. The average Bonchev–Trinajstić information content (AvgIpc) is 2.72. The van der Waals surface area contributed by atoms with Crippen LogP contribution in [0.1, 0.15) is 12.8 Å². The molecule has 0 atom stereocenters. The highest BCUT2D eigenvalue weighted by Crippen LogP contribution is 2.09. The van der Waals surface area contributed by atoms with Crippen LogP contribution in [0, 0.1) is 5.41 Å². The fourth-order valence-electron chi connectivity index (χ4n) is 1.55. The number of amidine groups is 1. The summed E-state index contributed by atoms with van der Waals surface area (Å²) in [5.74, 6) is 0.771. The van der Waals surface area contributed by atoms with Gasteiger partial charge in [-0.25, -0.2) is 0 Å². The van der Waals surface area contributed by atoms with E-state index >= 15 is 0 Å². The predicted octanol–water partition coefficient (Wildman–Crippen LogP) is 0.351. The van der Waals surface area contributed by atoms with Crippen molar-refractivity contribution < 1.29 is 0 Å². The van der Waals surface area contributed by atoms with Crippen LogP contribution in [0.3, 0.4) is 0 Å². The van der Waals surface area contributed by atoms with Gasteiger partial charge >= 0.3 is 0 Å². The summed E-state index contributed by atoms with van der Waals surface area (Å²) in [7, 11) is 0.